The van der Waals surface area contributed by atoms with Crippen molar-refractivity contribution in [2.45, 2.75) is 64.5 Å². The van der Waals surface area contributed by atoms with Gasteiger partial charge in [0.15, 0.2) is 0 Å². The first-order valence-corrected chi connectivity index (χ1v) is 10.2. The van der Waals surface area contributed by atoms with E-state index < -0.39 is 0 Å². The van der Waals surface area contributed by atoms with Crippen molar-refractivity contribution < 1.29 is 9.53 Å². The van der Waals surface area contributed by atoms with Crippen molar-refractivity contribution in [1.82, 2.24) is 10.2 Å². The lowest BCUT2D eigenvalue weighted by Gasteiger charge is -2.34. The van der Waals surface area contributed by atoms with Gasteiger partial charge in [-0.3, -0.25) is 4.79 Å². The largest absolute Gasteiger partial charge is 0.381 e. The number of nitrogens with one attached hydrogen (secondary N) is 1. The fourth-order valence-electron chi connectivity index (χ4n) is 4.57. The summed E-state index contributed by atoms with van der Waals surface area (Å²) in [6, 6.07) is 5.25. The Balaban J connectivity index is 1.66. The highest BCUT2D eigenvalue weighted by Gasteiger charge is 2.33. The second-order valence-corrected chi connectivity index (χ2v) is 9.17. The number of amides is 1. The Labute approximate surface area is 157 Å². The highest BCUT2D eigenvalue weighted by Crippen LogP contribution is 2.36. The predicted octanol–water partition coefficient (Wildman–Crippen LogP) is 3.33. The molecular weight excluding hydrogens is 324 g/mol. The number of nitrogens with zero attached hydrogens (tertiary/aromatic N) is 1. The molecule has 3 heterocycles. The minimum atomic E-state index is 0.0680. The van der Waals surface area contributed by atoms with E-state index in [0.29, 0.717) is 18.6 Å². The van der Waals surface area contributed by atoms with E-state index in [1.54, 1.807) is 0 Å². The summed E-state index contributed by atoms with van der Waals surface area (Å²) in [6.07, 6.45) is 4.28. The van der Waals surface area contributed by atoms with E-state index in [4.69, 9.17) is 4.74 Å². The van der Waals surface area contributed by atoms with Gasteiger partial charge >= 0.3 is 0 Å². The van der Waals surface area contributed by atoms with E-state index in [9.17, 15) is 4.79 Å². The van der Waals surface area contributed by atoms with Gasteiger partial charge in [-0.1, -0.05) is 32.9 Å². The first-order chi connectivity index (χ1) is 12.4. The lowest BCUT2D eigenvalue weighted by atomic mass is 9.80. The topological polar surface area (TPSA) is 41.6 Å². The van der Waals surface area contributed by atoms with Crippen molar-refractivity contribution >= 4 is 5.91 Å². The summed E-state index contributed by atoms with van der Waals surface area (Å²) in [5.74, 6) is 0.358. The van der Waals surface area contributed by atoms with Gasteiger partial charge in [0.1, 0.15) is 0 Å². The van der Waals surface area contributed by atoms with Crippen LogP contribution in [0, 0.1) is 5.92 Å². The molecule has 2 fully saturated rings. The zero-order valence-electron chi connectivity index (χ0n) is 16.4. The number of carbonyl (C=O) groups is 1. The van der Waals surface area contributed by atoms with E-state index in [0.717, 1.165) is 39.1 Å². The lowest BCUT2D eigenvalue weighted by Crippen LogP contribution is -2.40. The minimum absolute atomic E-state index is 0.0680. The number of benzene rings is 1. The standard InChI is InChI=1S/C22H32N2O2/c1-22(2,3)17-11-15-6-9-24(21(25)16-7-10-26-14-16)13-19(15)18(12-17)20-5-4-8-23-20/h11-12,16,20,23H,4-10,13-14H2,1-3H3/t16?,20-/m0/s1. The number of rotatable bonds is 2. The molecule has 0 bridgehead atoms. The molecule has 4 heteroatoms. The summed E-state index contributed by atoms with van der Waals surface area (Å²) in [7, 11) is 0. The maximum Gasteiger partial charge on any atom is 0.228 e. The zero-order valence-corrected chi connectivity index (χ0v) is 16.4. The summed E-state index contributed by atoms with van der Waals surface area (Å²) >= 11 is 0. The van der Waals surface area contributed by atoms with Crippen LogP contribution in [0.3, 0.4) is 0 Å². The normalized spacial score (nSPS) is 26.2. The quantitative estimate of drug-likeness (QED) is 0.884. The van der Waals surface area contributed by atoms with Crippen molar-refractivity contribution in [2.75, 3.05) is 26.3 Å². The maximum absolute atomic E-state index is 12.9. The minimum Gasteiger partial charge on any atom is -0.381 e. The van der Waals surface area contributed by atoms with Gasteiger partial charge in [-0.15, -0.1) is 0 Å². The number of fused-ring (bicyclic) bond motifs is 1. The molecule has 142 valence electrons. The third-order valence-corrected chi connectivity index (χ3v) is 6.27. The van der Waals surface area contributed by atoms with Gasteiger partial charge in [0.05, 0.1) is 12.5 Å². The highest BCUT2D eigenvalue weighted by atomic mass is 16.5. The molecule has 4 rings (SSSR count). The molecule has 4 nitrogen and oxygen atoms in total. The Kier molecular flexibility index (Phi) is 4.83. The Hall–Kier alpha value is -1.39. The molecule has 26 heavy (non-hydrogen) atoms. The van der Waals surface area contributed by atoms with Crippen LogP contribution in [0.25, 0.3) is 0 Å². The van der Waals surface area contributed by atoms with E-state index in [-0.39, 0.29) is 11.3 Å². The Morgan fingerprint density at radius 1 is 1.27 bits per heavy atom. The Bertz CT molecular complexity index is 680. The van der Waals surface area contributed by atoms with Crippen LogP contribution in [0.4, 0.5) is 0 Å². The molecule has 1 unspecified atom stereocenters. The first kappa shape index (κ1) is 18.0. The van der Waals surface area contributed by atoms with Crippen molar-refractivity contribution in [2.24, 2.45) is 5.92 Å². The molecule has 0 saturated carbocycles. The molecule has 0 aliphatic carbocycles. The monoisotopic (exact) mass is 356 g/mol. The lowest BCUT2D eigenvalue weighted by molar-refractivity contribution is -0.136. The smallest absolute Gasteiger partial charge is 0.228 e. The average Bonchev–Trinajstić information content (AvgIpc) is 3.32. The Morgan fingerprint density at radius 3 is 2.77 bits per heavy atom. The van der Waals surface area contributed by atoms with Gasteiger partial charge in [0.25, 0.3) is 0 Å². The summed E-state index contributed by atoms with van der Waals surface area (Å²) in [5.41, 5.74) is 5.86. The Morgan fingerprint density at radius 2 is 2.12 bits per heavy atom. The van der Waals surface area contributed by atoms with Crippen LogP contribution in [0.2, 0.25) is 0 Å². The van der Waals surface area contributed by atoms with Gasteiger partial charge in [0, 0.05) is 25.7 Å². The van der Waals surface area contributed by atoms with Crippen LogP contribution < -0.4 is 5.32 Å². The van der Waals surface area contributed by atoms with Crippen LogP contribution in [0.1, 0.15) is 68.3 Å². The molecule has 1 amide bonds. The predicted molar refractivity (Wildman–Crippen MR) is 103 cm³/mol. The summed E-state index contributed by atoms with van der Waals surface area (Å²) in [4.78, 5) is 15.0. The molecule has 1 aromatic rings. The van der Waals surface area contributed by atoms with Crippen LogP contribution in [0.15, 0.2) is 12.1 Å². The number of hydrogen-bond acceptors (Lipinski definition) is 3. The zero-order chi connectivity index (χ0) is 18.3. The van der Waals surface area contributed by atoms with Crippen molar-refractivity contribution in [3.8, 4) is 0 Å². The van der Waals surface area contributed by atoms with Gasteiger partial charge in [-0.25, -0.2) is 0 Å². The van der Waals surface area contributed by atoms with Gasteiger partial charge in [-0.05, 0) is 59.9 Å². The van der Waals surface area contributed by atoms with E-state index in [1.165, 1.54) is 35.1 Å². The summed E-state index contributed by atoms with van der Waals surface area (Å²) in [5, 5.41) is 3.68. The molecule has 2 saturated heterocycles. The fourth-order valence-corrected chi connectivity index (χ4v) is 4.57. The van der Waals surface area contributed by atoms with Gasteiger partial charge < -0.3 is 15.0 Å². The van der Waals surface area contributed by atoms with Gasteiger partial charge in [-0.2, -0.15) is 0 Å². The second-order valence-electron chi connectivity index (χ2n) is 9.17. The molecule has 3 aliphatic rings. The summed E-state index contributed by atoms with van der Waals surface area (Å²) in [6.45, 7) is 10.9. The van der Waals surface area contributed by atoms with Crippen molar-refractivity contribution in [3.63, 3.8) is 0 Å². The van der Waals surface area contributed by atoms with Crippen LogP contribution in [-0.4, -0.2) is 37.1 Å². The average molecular weight is 357 g/mol. The first-order valence-electron chi connectivity index (χ1n) is 10.2. The third-order valence-electron chi connectivity index (χ3n) is 6.27. The SMILES string of the molecule is CC(C)(C)c1cc2c(c([C@@H]3CCCN3)c1)CN(C(=O)C1CCOC1)CC2. The third kappa shape index (κ3) is 3.41. The number of hydrogen-bond donors (Lipinski definition) is 1. The van der Waals surface area contributed by atoms with E-state index in [2.05, 4.69) is 43.1 Å². The fraction of sp³-hybridized carbons (Fsp3) is 0.682. The van der Waals surface area contributed by atoms with E-state index in [1.807, 2.05) is 0 Å². The van der Waals surface area contributed by atoms with Crippen LogP contribution >= 0.6 is 0 Å². The van der Waals surface area contributed by atoms with E-state index >= 15 is 0 Å². The molecule has 0 aromatic heterocycles. The molecule has 2 atom stereocenters. The van der Waals surface area contributed by atoms with Crippen LogP contribution in [0.5, 0.6) is 0 Å². The molecule has 1 aromatic carbocycles. The van der Waals surface area contributed by atoms with Crippen molar-refractivity contribution in [1.29, 1.82) is 0 Å². The highest BCUT2D eigenvalue weighted by molar-refractivity contribution is 5.79. The molecule has 3 aliphatic heterocycles. The van der Waals surface area contributed by atoms with Gasteiger partial charge in [0.2, 0.25) is 5.91 Å². The number of carbonyl (C=O) groups excluding carboxylic acids is 1. The molecule has 1 N–H and O–H groups in total. The summed E-state index contributed by atoms with van der Waals surface area (Å²) < 4.78 is 5.44. The molecular formula is C22H32N2O2. The second kappa shape index (κ2) is 6.97. The maximum atomic E-state index is 12.9. The molecule has 0 spiro atoms. The number of ether oxygens (including phenoxy) is 1. The molecule has 0 radical (unpaired) electrons. The van der Waals surface area contributed by atoms with Crippen molar-refractivity contribution in [3.05, 3.63) is 34.4 Å². The van der Waals surface area contributed by atoms with Crippen LogP contribution in [-0.2, 0) is 27.9 Å².